The molecule has 0 aliphatic heterocycles. The van der Waals surface area contributed by atoms with E-state index in [2.05, 4.69) is 18.8 Å². The third-order valence-corrected chi connectivity index (χ3v) is 2.93. The molecule has 0 aromatic rings. The molecule has 1 heteroatoms. The van der Waals surface area contributed by atoms with E-state index in [0.717, 1.165) is 6.42 Å². The standard InChI is InChI=1S/C15H28O/c1-5-6-7-8-9-10-11-12-14(4)15(16)13(2)3/h13-16H,5-10H2,1-4H3/t14-,15+/m1/s1. The lowest BCUT2D eigenvalue weighted by atomic mass is 9.95. The number of aliphatic hydroxyl groups excluding tert-OH is 1. The zero-order valence-electron chi connectivity index (χ0n) is 11.4. The lowest BCUT2D eigenvalue weighted by Crippen LogP contribution is -2.22. The highest BCUT2D eigenvalue weighted by Gasteiger charge is 2.14. The van der Waals surface area contributed by atoms with Crippen LogP contribution in [0.15, 0.2) is 0 Å². The monoisotopic (exact) mass is 224 g/mol. The summed E-state index contributed by atoms with van der Waals surface area (Å²) in [4.78, 5) is 0. The number of unbranched alkanes of at least 4 members (excludes halogenated alkanes) is 5. The van der Waals surface area contributed by atoms with Crippen LogP contribution in [0.2, 0.25) is 0 Å². The predicted octanol–water partition coefficient (Wildman–Crippen LogP) is 4.00. The molecule has 1 nitrogen and oxygen atoms in total. The van der Waals surface area contributed by atoms with Gasteiger partial charge in [-0.15, -0.1) is 5.92 Å². The highest BCUT2D eigenvalue weighted by Crippen LogP contribution is 2.11. The van der Waals surface area contributed by atoms with E-state index in [1.807, 2.05) is 20.8 Å². The van der Waals surface area contributed by atoms with Crippen molar-refractivity contribution >= 4 is 0 Å². The molecule has 0 heterocycles. The van der Waals surface area contributed by atoms with Crippen molar-refractivity contribution in [2.45, 2.75) is 72.3 Å². The van der Waals surface area contributed by atoms with Crippen LogP contribution in [0.3, 0.4) is 0 Å². The molecule has 0 radical (unpaired) electrons. The maximum Gasteiger partial charge on any atom is 0.0697 e. The van der Waals surface area contributed by atoms with Crippen molar-refractivity contribution in [3.63, 3.8) is 0 Å². The Kier molecular flexibility index (Phi) is 9.43. The summed E-state index contributed by atoms with van der Waals surface area (Å²) in [5.41, 5.74) is 0. The SMILES string of the molecule is CCCCCCCC#C[C@@H](C)[C@@H](O)C(C)C. The van der Waals surface area contributed by atoms with E-state index in [0.29, 0.717) is 5.92 Å². The molecule has 0 fully saturated rings. The third kappa shape index (κ3) is 7.77. The van der Waals surface area contributed by atoms with Crippen molar-refractivity contribution < 1.29 is 5.11 Å². The molecule has 0 aromatic heterocycles. The number of hydrogen-bond donors (Lipinski definition) is 1. The van der Waals surface area contributed by atoms with E-state index in [1.165, 1.54) is 32.1 Å². The molecule has 0 aromatic carbocycles. The summed E-state index contributed by atoms with van der Waals surface area (Å²) >= 11 is 0. The van der Waals surface area contributed by atoms with Crippen LogP contribution >= 0.6 is 0 Å². The van der Waals surface area contributed by atoms with E-state index in [1.54, 1.807) is 0 Å². The molecule has 0 bridgehead atoms. The van der Waals surface area contributed by atoms with E-state index in [4.69, 9.17) is 0 Å². The van der Waals surface area contributed by atoms with Crippen molar-refractivity contribution in [2.24, 2.45) is 11.8 Å². The molecule has 94 valence electrons. The van der Waals surface area contributed by atoms with Crippen LogP contribution < -0.4 is 0 Å². The lowest BCUT2D eigenvalue weighted by Gasteiger charge is -2.17. The van der Waals surface area contributed by atoms with Gasteiger partial charge in [-0.1, -0.05) is 52.4 Å². The Morgan fingerprint density at radius 2 is 1.62 bits per heavy atom. The summed E-state index contributed by atoms with van der Waals surface area (Å²) in [7, 11) is 0. The average Bonchev–Trinajstić information content (AvgIpc) is 2.26. The van der Waals surface area contributed by atoms with Crippen LogP contribution in [0.4, 0.5) is 0 Å². The zero-order valence-corrected chi connectivity index (χ0v) is 11.4. The Balaban J connectivity index is 3.60. The van der Waals surface area contributed by atoms with Crippen molar-refractivity contribution in [3.8, 4) is 11.8 Å². The summed E-state index contributed by atoms with van der Waals surface area (Å²) in [6.45, 7) is 8.31. The second-order valence-corrected chi connectivity index (χ2v) is 5.01. The van der Waals surface area contributed by atoms with Gasteiger partial charge >= 0.3 is 0 Å². The maximum absolute atomic E-state index is 9.77. The fourth-order valence-electron chi connectivity index (χ4n) is 1.71. The number of aliphatic hydroxyl groups is 1. The molecule has 0 saturated heterocycles. The molecule has 0 aliphatic carbocycles. The van der Waals surface area contributed by atoms with Gasteiger partial charge in [-0.3, -0.25) is 0 Å². The first-order valence-electron chi connectivity index (χ1n) is 6.76. The molecule has 0 rings (SSSR count). The van der Waals surface area contributed by atoms with E-state index >= 15 is 0 Å². The van der Waals surface area contributed by atoms with Crippen LogP contribution in [0.1, 0.15) is 66.2 Å². The fraction of sp³-hybridized carbons (Fsp3) is 0.867. The van der Waals surface area contributed by atoms with Gasteiger partial charge in [0.1, 0.15) is 0 Å². The molecular formula is C15H28O. The van der Waals surface area contributed by atoms with Crippen LogP contribution in [0.25, 0.3) is 0 Å². The second-order valence-electron chi connectivity index (χ2n) is 5.01. The minimum Gasteiger partial charge on any atom is -0.392 e. The van der Waals surface area contributed by atoms with Gasteiger partial charge in [-0.25, -0.2) is 0 Å². The van der Waals surface area contributed by atoms with Gasteiger partial charge in [-0.05, 0) is 19.3 Å². The summed E-state index contributed by atoms with van der Waals surface area (Å²) in [6, 6.07) is 0. The fourth-order valence-corrected chi connectivity index (χ4v) is 1.71. The predicted molar refractivity (Wildman–Crippen MR) is 71.2 cm³/mol. The second kappa shape index (κ2) is 9.73. The van der Waals surface area contributed by atoms with Gasteiger partial charge in [0.2, 0.25) is 0 Å². The average molecular weight is 224 g/mol. The van der Waals surface area contributed by atoms with E-state index in [9.17, 15) is 5.11 Å². The molecular weight excluding hydrogens is 196 g/mol. The molecule has 1 N–H and O–H groups in total. The van der Waals surface area contributed by atoms with Crippen molar-refractivity contribution in [1.29, 1.82) is 0 Å². The first-order chi connectivity index (χ1) is 7.59. The van der Waals surface area contributed by atoms with Crippen LogP contribution in [-0.2, 0) is 0 Å². The van der Waals surface area contributed by atoms with Crippen molar-refractivity contribution in [2.75, 3.05) is 0 Å². The number of hydrogen-bond acceptors (Lipinski definition) is 1. The van der Waals surface area contributed by atoms with E-state index < -0.39 is 0 Å². The van der Waals surface area contributed by atoms with Gasteiger partial charge in [0.05, 0.1) is 6.10 Å². The van der Waals surface area contributed by atoms with Crippen LogP contribution in [0, 0.1) is 23.7 Å². The summed E-state index contributed by atoms with van der Waals surface area (Å²) in [5.74, 6) is 6.75. The topological polar surface area (TPSA) is 20.2 Å². The molecule has 0 amide bonds. The highest BCUT2D eigenvalue weighted by atomic mass is 16.3. The normalized spacial score (nSPS) is 14.4. The van der Waals surface area contributed by atoms with Gasteiger partial charge < -0.3 is 5.11 Å². The van der Waals surface area contributed by atoms with Crippen LogP contribution in [0.5, 0.6) is 0 Å². The zero-order chi connectivity index (χ0) is 12.4. The van der Waals surface area contributed by atoms with Crippen molar-refractivity contribution in [1.82, 2.24) is 0 Å². The third-order valence-electron chi connectivity index (χ3n) is 2.93. The first kappa shape index (κ1) is 15.5. The maximum atomic E-state index is 9.77. The molecule has 2 atom stereocenters. The lowest BCUT2D eigenvalue weighted by molar-refractivity contribution is 0.0945. The molecule has 16 heavy (non-hydrogen) atoms. The minimum atomic E-state index is -0.285. The Bertz CT molecular complexity index is 209. The molecule has 0 saturated carbocycles. The highest BCUT2D eigenvalue weighted by molar-refractivity contribution is 5.04. The van der Waals surface area contributed by atoms with Gasteiger partial charge in [0.25, 0.3) is 0 Å². The number of rotatable bonds is 7. The summed E-state index contributed by atoms with van der Waals surface area (Å²) in [6.07, 6.45) is 7.18. The molecule has 0 aliphatic rings. The Morgan fingerprint density at radius 3 is 2.19 bits per heavy atom. The quantitative estimate of drug-likeness (QED) is 0.512. The van der Waals surface area contributed by atoms with Crippen molar-refractivity contribution in [3.05, 3.63) is 0 Å². The molecule has 0 spiro atoms. The Morgan fingerprint density at radius 1 is 1.00 bits per heavy atom. The largest absolute Gasteiger partial charge is 0.392 e. The minimum absolute atomic E-state index is 0.107. The van der Waals surface area contributed by atoms with Crippen LogP contribution in [-0.4, -0.2) is 11.2 Å². The Labute approximate surface area is 102 Å². The summed E-state index contributed by atoms with van der Waals surface area (Å²) < 4.78 is 0. The summed E-state index contributed by atoms with van der Waals surface area (Å²) in [5, 5.41) is 9.77. The first-order valence-corrected chi connectivity index (χ1v) is 6.76. The van der Waals surface area contributed by atoms with Gasteiger partial charge in [0, 0.05) is 12.3 Å². The molecule has 0 unspecified atom stereocenters. The van der Waals surface area contributed by atoms with Gasteiger partial charge in [0.15, 0.2) is 0 Å². The van der Waals surface area contributed by atoms with E-state index in [-0.39, 0.29) is 12.0 Å². The smallest absolute Gasteiger partial charge is 0.0697 e. The van der Waals surface area contributed by atoms with Gasteiger partial charge in [-0.2, -0.15) is 0 Å². The Hall–Kier alpha value is -0.480.